The Hall–Kier alpha value is -1.26. The molecule has 0 aliphatic rings. The van der Waals surface area contributed by atoms with Crippen LogP contribution in [0.5, 0.6) is 0 Å². The first kappa shape index (κ1) is 9.00. The number of fused-ring (bicyclic) bond motifs is 1. The minimum Gasteiger partial charge on any atom is -0.244 e. The summed E-state index contributed by atoms with van der Waals surface area (Å²) in [4.78, 5) is 8.88. The van der Waals surface area contributed by atoms with E-state index in [1.807, 2.05) is 18.5 Å². The van der Waals surface area contributed by atoms with Crippen LogP contribution >= 0.6 is 22.7 Å². The molecule has 0 N–H and O–H groups in total. The van der Waals surface area contributed by atoms with Gasteiger partial charge in [0, 0.05) is 17.1 Å². The highest BCUT2D eigenvalue weighted by atomic mass is 32.1. The lowest BCUT2D eigenvalue weighted by atomic mass is 10.2. The molecule has 0 fully saturated rings. The molecular formula is C11H8N2S2. The molecule has 1 aromatic carbocycles. The van der Waals surface area contributed by atoms with Crippen molar-refractivity contribution in [3.63, 3.8) is 0 Å². The van der Waals surface area contributed by atoms with Gasteiger partial charge in [-0.3, -0.25) is 0 Å². The predicted molar refractivity (Wildman–Crippen MR) is 65.5 cm³/mol. The Morgan fingerprint density at radius 1 is 1.27 bits per heavy atom. The zero-order chi connectivity index (χ0) is 10.3. The highest BCUT2D eigenvalue weighted by molar-refractivity contribution is 7.18. The maximum Gasteiger partial charge on any atom is 0.125 e. The fourth-order valence-corrected chi connectivity index (χ4v) is 3.11. The standard InChI is InChI=1S/C11H8N2S2/c1-7-13-10-8(11-12-5-6-14-11)3-2-4-9(10)15-7/h2-6H,1H3. The lowest BCUT2D eigenvalue weighted by Crippen LogP contribution is -1.78. The fraction of sp³-hybridized carbons (Fsp3) is 0.0909. The van der Waals surface area contributed by atoms with Gasteiger partial charge in [-0.05, 0) is 19.1 Å². The van der Waals surface area contributed by atoms with Gasteiger partial charge in [-0.15, -0.1) is 22.7 Å². The molecule has 0 unspecified atom stereocenters. The largest absolute Gasteiger partial charge is 0.244 e. The number of hydrogen-bond acceptors (Lipinski definition) is 4. The summed E-state index contributed by atoms with van der Waals surface area (Å²) in [6, 6.07) is 6.26. The monoisotopic (exact) mass is 232 g/mol. The van der Waals surface area contributed by atoms with Crippen LogP contribution in [0, 0.1) is 6.92 Å². The fourth-order valence-electron chi connectivity index (χ4n) is 1.59. The molecule has 0 bridgehead atoms. The van der Waals surface area contributed by atoms with E-state index in [0.29, 0.717) is 0 Å². The van der Waals surface area contributed by atoms with Crippen molar-refractivity contribution in [1.29, 1.82) is 0 Å². The van der Waals surface area contributed by atoms with Gasteiger partial charge < -0.3 is 0 Å². The van der Waals surface area contributed by atoms with Crippen molar-refractivity contribution in [3.05, 3.63) is 34.8 Å². The third-order valence-electron chi connectivity index (χ3n) is 2.19. The number of nitrogens with zero attached hydrogens (tertiary/aromatic N) is 2. The lowest BCUT2D eigenvalue weighted by molar-refractivity contribution is 1.34. The molecule has 0 spiro atoms. The third-order valence-corrected chi connectivity index (χ3v) is 3.93. The molecule has 4 heteroatoms. The first-order valence-electron chi connectivity index (χ1n) is 4.60. The molecule has 74 valence electrons. The van der Waals surface area contributed by atoms with Gasteiger partial charge in [-0.2, -0.15) is 0 Å². The number of aryl methyl sites for hydroxylation is 1. The second-order valence-corrected chi connectivity index (χ2v) is 5.35. The number of para-hydroxylation sites is 1. The maximum atomic E-state index is 4.55. The molecule has 0 saturated carbocycles. The average molecular weight is 232 g/mol. The maximum absolute atomic E-state index is 4.55. The lowest BCUT2D eigenvalue weighted by Gasteiger charge is -1.96. The Labute approximate surface area is 95.3 Å². The zero-order valence-electron chi connectivity index (χ0n) is 8.10. The summed E-state index contributed by atoms with van der Waals surface area (Å²) >= 11 is 3.38. The minimum atomic E-state index is 1.05. The molecule has 0 amide bonds. The Kier molecular flexibility index (Phi) is 2.04. The molecule has 3 rings (SSSR count). The van der Waals surface area contributed by atoms with E-state index in [4.69, 9.17) is 0 Å². The summed E-state index contributed by atoms with van der Waals surface area (Å²) in [5, 5.41) is 4.15. The third kappa shape index (κ3) is 1.46. The van der Waals surface area contributed by atoms with Gasteiger partial charge in [0.2, 0.25) is 0 Å². The Morgan fingerprint density at radius 2 is 2.20 bits per heavy atom. The minimum absolute atomic E-state index is 1.05. The van der Waals surface area contributed by atoms with Crippen molar-refractivity contribution < 1.29 is 0 Å². The van der Waals surface area contributed by atoms with Crippen LogP contribution in [0.2, 0.25) is 0 Å². The average Bonchev–Trinajstić information content (AvgIpc) is 2.82. The molecular weight excluding hydrogens is 224 g/mol. The number of hydrogen-bond donors (Lipinski definition) is 0. The SMILES string of the molecule is Cc1nc2c(-c3nccs3)cccc2s1. The molecule has 0 aliphatic carbocycles. The van der Waals surface area contributed by atoms with Crippen LogP contribution < -0.4 is 0 Å². The predicted octanol–water partition coefficient (Wildman–Crippen LogP) is 3.73. The van der Waals surface area contributed by atoms with Gasteiger partial charge in [0.25, 0.3) is 0 Å². The van der Waals surface area contributed by atoms with Crippen molar-refractivity contribution in [1.82, 2.24) is 9.97 Å². The normalized spacial score (nSPS) is 11.0. The quantitative estimate of drug-likeness (QED) is 0.639. The van der Waals surface area contributed by atoms with E-state index in [0.717, 1.165) is 21.1 Å². The van der Waals surface area contributed by atoms with Crippen LogP contribution in [0.1, 0.15) is 5.01 Å². The van der Waals surface area contributed by atoms with Crippen molar-refractivity contribution >= 4 is 32.9 Å². The van der Waals surface area contributed by atoms with Gasteiger partial charge in [0.15, 0.2) is 0 Å². The Bertz CT molecular complexity index is 596. The summed E-state index contributed by atoms with van der Waals surface area (Å²) in [5.41, 5.74) is 2.22. The second-order valence-electron chi connectivity index (χ2n) is 3.22. The molecule has 0 saturated heterocycles. The van der Waals surface area contributed by atoms with Crippen LogP contribution in [0.15, 0.2) is 29.8 Å². The number of thiazole rings is 2. The Morgan fingerprint density at radius 3 is 3.00 bits per heavy atom. The summed E-state index contributed by atoms with van der Waals surface area (Å²) in [7, 11) is 0. The van der Waals surface area contributed by atoms with Gasteiger partial charge >= 0.3 is 0 Å². The van der Waals surface area contributed by atoms with Crippen LogP contribution in [0.3, 0.4) is 0 Å². The van der Waals surface area contributed by atoms with Crippen LogP contribution in [0.25, 0.3) is 20.8 Å². The van der Waals surface area contributed by atoms with Crippen LogP contribution in [0.4, 0.5) is 0 Å². The number of aromatic nitrogens is 2. The molecule has 2 nitrogen and oxygen atoms in total. The van der Waals surface area contributed by atoms with Crippen molar-refractivity contribution in [2.24, 2.45) is 0 Å². The topological polar surface area (TPSA) is 25.8 Å². The summed E-state index contributed by atoms with van der Waals surface area (Å²) in [6.07, 6.45) is 1.83. The van der Waals surface area contributed by atoms with Crippen molar-refractivity contribution in [2.75, 3.05) is 0 Å². The van der Waals surface area contributed by atoms with Crippen molar-refractivity contribution in [3.8, 4) is 10.6 Å². The molecule has 0 radical (unpaired) electrons. The summed E-state index contributed by atoms with van der Waals surface area (Å²) in [5.74, 6) is 0. The number of rotatable bonds is 1. The zero-order valence-corrected chi connectivity index (χ0v) is 9.73. The van der Waals surface area contributed by atoms with E-state index >= 15 is 0 Å². The smallest absolute Gasteiger partial charge is 0.125 e. The van der Waals surface area contributed by atoms with Gasteiger partial charge in [-0.25, -0.2) is 9.97 Å². The van der Waals surface area contributed by atoms with Gasteiger partial charge in [0.1, 0.15) is 5.01 Å². The van der Waals surface area contributed by atoms with E-state index in [2.05, 4.69) is 28.2 Å². The van der Waals surface area contributed by atoms with E-state index in [9.17, 15) is 0 Å². The molecule has 2 heterocycles. The summed E-state index contributed by atoms with van der Waals surface area (Å²) in [6.45, 7) is 2.04. The molecule has 0 atom stereocenters. The second kappa shape index (κ2) is 3.40. The molecule has 15 heavy (non-hydrogen) atoms. The Balaban J connectivity index is 2.35. The molecule has 2 aromatic heterocycles. The van der Waals surface area contributed by atoms with Gasteiger partial charge in [-0.1, -0.05) is 6.07 Å². The number of benzene rings is 1. The first-order valence-corrected chi connectivity index (χ1v) is 6.30. The van der Waals surface area contributed by atoms with E-state index in [-0.39, 0.29) is 0 Å². The van der Waals surface area contributed by atoms with E-state index in [1.54, 1.807) is 22.7 Å². The van der Waals surface area contributed by atoms with Gasteiger partial charge in [0.05, 0.1) is 15.2 Å². The highest BCUT2D eigenvalue weighted by Gasteiger charge is 2.08. The van der Waals surface area contributed by atoms with Crippen LogP contribution in [-0.2, 0) is 0 Å². The van der Waals surface area contributed by atoms with Crippen molar-refractivity contribution in [2.45, 2.75) is 6.92 Å². The summed E-state index contributed by atoms with van der Waals surface area (Å²) < 4.78 is 1.24. The molecule has 3 aromatic rings. The van der Waals surface area contributed by atoms with E-state index < -0.39 is 0 Å². The molecule has 0 aliphatic heterocycles. The highest BCUT2D eigenvalue weighted by Crippen LogP contribution is 2.32. The first-order chi connectivity index (χ1) is 7.34. The van der Waals surface area contributed by atoms with E-state index in [1.165, 1.54) is 4.70 Å². The van der Waals surface area contributed by atoms with Crippen LogP contribution in [-0.4, -0.2) is 9.97 Å².